The predicted octanol–water partition coefficient (Wildman–Crippen LogP) is 3.15. The summed E-state index contributed by atoms with van der Waals surface area (Å²) in [5, 5.41) is 3.71. The fraction of sp³-hybridized carbons (Fsp3) is 0.263. The first kappa shape index (κ1) is 18.3. The van der Waals surface area contributed by atoms with Gasteiger partial charge in [-0.05, 0) is 54.8 Å². The van der Waals surface area contributed by atoms with Gasteiger partial charge < -0.3 is 15.2 Å². The normalized spacial score (nSPS) is 10.6. The molecule has 0 atom stereocenters. The summed E-state index contributed by atoms with van der Waals surface area (Å²) in [6, 6.07) is 12.9. The van der Waals surface area contributed by atoms with Gasteiger partial charge in [0.25, 0.3) is 0 Å². The molecule has 2 amide bonds. The third-order valence-electron chi connectivity index (χ3n) is 3.27. The Labute approximate surface area is 147 Å². The third-order valence-corrected chi connectivity index (χ3v) is 3.27. The molecule has 0 aliphatic carbocycles. The molecule has 2 aromatic rings. The lowest BCUT2D eigenvalue weighted by atomic mass is 10.1. The number of rotatable bonds is 8. The van der Waals surface area contributed by atoms with E-state index in [0.29, 0.717) is 13.2 Å². The number of hydrogen-bond donors (Lipinski definition) is 2. The van der Waals surface area contributed by atoms with Crippen molar-refractivity contribution in [1.29, 1.82) is 0 Å². The van der Waals surface area contributed by atoms with Crippen LogP contribution in [0.15, 0.2) is 47.6 Å². The van der Waals surface area contributed by atoms with Gasteiger partial charge >= 0.3 is 6.03 Å². The van der Waals surface area contributed by atoms with Gasteiger partial charge in [-0.25, -0.2) is 10.2 Å². The topological polar surface area (TPSA) is 85.9 Å². The molecule has 2 aromatic carbocycles. The van der Waals surface area contributed by atoms with Crippen molar-refractivity contribution < 1.29 is 14.3 Å². The maximum Gasteiger partial charge on any atom is 0.332 e. The highest BCUT2D eigenvalue weighted by Gasteiger charge is 1.99. The summed E-state index contributed by atoms with van der Waals surface area (Å²) in [5.41, 5.74) is 10.3. The van der Waals surface area contributed by atoms with E-state index < -0.39 is 6.03 Å². The molecule has 6 heteroatoms. The van der Waals surface area contributed by atoms with Crippen LogP contribution in [0.2, 0.25) is 0 Å². The number of hydrogen-bond acceptors (Lipinski definition) is 4. The summed E-state index contributed by atoms with van der Waals surface area (Å²) in [7, 11) is 0. The molecule has 6 nitrogen and oxygen atoms in total. The molecular formula is C19H23N3O3. The fourth-order valence-corrected chi connectivity index (χ4v) is 2.31. The Morgan fingerprint density at radius 1 is 1.08 bits per heavy atom. The lowest BCUT2D eigenvalue weighted by molar-refractivity contribution is 0.247. The van der Waals surface area contributed by atoms with Crippen LogP contribution in [-0.2, 0) is 0 Å². The monoisotopic (exact) mass is 341 g/mol. The van der Waals surface area contributed by atoms with Crippen LogP contribution in [0, 0.1) is 13.8 Å². The maximum absolute atomic E-state index is 10.6. The Morgan fingerprint density at radius 3 is 2.44 bits per heavy atom. The third kappa shape index (κ3) is 6.95. The Morgan fingerprint density at radius 2 is 1.76 bits per heavy atom. The van der Waals surface area contributed by atoms with E-state index in [2.05, 4.69) is 30.4 Å². The number of primary amides is 1. The van der Waals surface area contributed by atoms with Gasteiger partial charge in [0.15, 0.2) is 0 Å². The maximum atomic E-state index is 10.6. The average Bonchev–Trinajstić information content (AvgIpc) is 2.54. The molecule has 25 heavy (non-hydrogen) atoms. The van der Waals surface area contributed by atoms with Crippen LogP contribution < -0.4 is 20.6 Å². The van der Waals surface area contributed by atoms with Gasteiger partial charge in [-0.1, -0.05) is 18.2 Å². The fourth-order valence-electron chi connectivity index (χ4n) is 2.31. The highest BCUT2D eigenvalue weighted by molar-refractivity contribution is 5.81. The molecule has 3 N–H and O–H groups in total. The summed E-state index contributed by atoms with van der Waals surface area (Å²) in [6.07, 6.45) is 2.27. The van der Waals surface area contributed by atoms with Crippen molar-refractivity contribution in [3.8, 4) is 11.5 Å². The molecule has 0 heterocycles. The summed E-state index contributed by atoms with van der Waals surface area (Å²) in [6.45, 7) is 5.24. The number of benzene rings is 2. The van der Waals surface area contributed by atoms with Gasteiger partial charge in [0.2, 0.25) is 0 Å². The predicted molar refractivity (Wildman–Crippen MR) is 98.3 cm³/mol. The molecule has 0 radical (unpaired) electrons. The van der Waals surface area contributed by atoms with Gasteiger partial charge in [0, 0.05) is 6.42 Å². The van der Waals surface area contributed by atoms with E-state index >= 15 is 0 Å². The number of carbonyl (C=O) groups excluding carboxylic acids is 1. The Bertz CT molecular complexity index is 724. The van der Waals surface area contributed by atoms with Crippen LogP contribution in [-0.4, -0.2) is 25.5 Å². The minimum Gasteiger partial charge on any atom is -0.493 e. The minimum atomic E-state index is -0.701. The number of nitrogens with two attached hydrogens (primary N) is 1. The number of amides is 2. The molecule has 2 rings (SSSR count). The number of hydrazone groups is 1. The Kier molecular flexibility index (Phi) is 6.83. The van der Waals surface area contributed by atoms with Crippen molar-refractivity contribution in [2.24, 2.45) is 10.8 Å². The van der Waals surface area contributed by atoms with E-state index in [-0.39, 0.29) is 0 Å². The Hall–Kier alpha value is -3.02. The molecule has 0 spiro atoms. The second kappa shape index (κ2) is 9.32. The van der Waals surface area contributed by atoms with Gasteiger partial charge in [-0.3, -0.25) is 0 Å². The first-order valence-electron chi connectivity index (χ1n) is 8.05. The van der Waals surface area contributed by atoms with E-state index in [1.54, 1.807) is 0 Å². The molecule has 0 saturated heterocycles. The van der Waals surface area contributed by atoms with E-state index in [4.69, 9.17) is 15.2 Å². The zero-order valence-corrected chi connectivity index (χ0v) is 14.5. The molecular weight excluding hydrogens is 318 g/mol. The molecule has 132 valence electrons. The van der Waals surface area contributed by atoms with Crippen molar-refractivity contribution in [3.05, 3.63) is 59.2 Å². The van der Waals surface area contributed by atoms with Crippen LogP contribution in [0.25, 0.3) is 0 Å². The largest absolute Gasteiger partial charge is 0.493 e. The van der Waals surface area contributed by atoms with E-state index in [1.165, 1.54) is 17.3 Å². The summed E-state index contributed by atoms with van der Waals surface area (Å²) < 4.78 is 11.5. The molecule has 0 aromatic heterocycles. The van der Waals surface area contributed by atoms with Crippen LogP contribution in [0.1, 0.15) is 23.1 Å². The van der Waals surface area contributed by atoms with Crippen LogP contribution >= 0.6 is 0 Å². The lowest BCUT2D eigenvalue weighted by Crippen LogP contribution is -2.24. The van der Waals surface area contributed by atoms with Crippen molar-refractivity contribution in [3.63, 3.8) is 0 Å². The highest BCUT2D eigenvalue weighted by atomic mass is 16.5. The minimum absolute atomic E-state index is 0.547. The van der Waals surface area contributed by atoms with Gasteiger partial charge in [-0.15, -0.1) is 0 Å². The second-order valence-electron chi connectivity index (χ2n) is 5.68. The quantitative estimate of drug-likeness (QED) is 0.439. The number of carbonyl (C=O) groups is 1. The van der Waals surface area contributed by atoms with Gasteiger partial charge in [0.1, 0.15) is 11.5 Å². The summed E-state index contributed by atoms with van der Waals surface area (Å²) >= 11 is 0. The first-order valence-corrected chi connectivity index (χ1v) is 8.05. The van der Waals surface area contributed by atoms with Gasteiger partial charge in [0.05, 0.1) is 19.4 Å². The lowest BCUT2D eigenvalue weighted by Gasteiger charge is -2.09. The standard InChI is InChI=1S/C19H23N3O3/c1-14-9-15(2)11-18(10-14)25-8-4-7-24-17-6-3-5-16(12-17)13-21-22-19(20)23/h3,5-6,9-13H,4,7-8H2,1-2H3,(H3,20,22,23)/b21-13-. The Balaban J connectivity index is 1.74. The van der Waals surface area contributed by atoms with Crippen LogP contribution in [0.3, 0.4) is 0 Å². The number of nitrogens with zero attached hydrogens (tertiary/aromatic N) is 1. The number of urea groups is 1. The van der Waals surface area contributed by atoms with Crippen molar-refractivity contribution in [1.82, 2.24) is 5.43 Å². The van der Waals surface area contributed by atoms with E-state index in [1.807, 2.05) is 36.4 Å². The second-order valence-corrected chi connectivity index (χ2v) is 5.68. The average molecular weight is 341 g/mol. The SMILES string of the molecule is Cc1cc(C)cc(OCCCOc2cccc(/C=N\NC(N)=O)c2)c1. The zero-order chi connectivity index (χ0) is 18.1. The smallest absolute Gasteiger partial charge is 0.332 e. The van der Waals surface area contributed by atoms with Crippen LogP contribution in [0.5, 0.6) is 11.5 Å². The molecule has 0 fully saturated rings. The van der Waals surface area contributed by atoms with Crippen molar-refractivity contribution >= 4 is 12.2 Å². The first-order chi connectivity index (χ1) is 12.0. The zero-order valence-electron chi connectivity index (χ0n) is 14.5. The molecule has 0 aliphatic heterocycles. The van der Waals surface area contributed by atoms with E-state index in [9.17, 15) is 4.79 Å². The number of nitrogens with one attached hydrogen (secondary N) is 1. The van der Waals surface area contributed by atoms with E-state index in [0.717, 1.165) is 23.5 Å². The molecule has 0 bridgehead atoms. The van der Waals surface area contributed by atoms with Gasteiger partial charge in [-0.2, -0.15) is 5.10 Å². The summed E-state index contributed by atoms with van der Waals surface area (Å²) in [4.78, 5) is 10.6. The van der Waals surface area contributed by atoms with Crippen LogP contribution in [0.4, 0.5) is 4.79 Å². The number of aryl methyl sites for hydroxylation is 2. The molecule has 0 unspecified atom stereocenters. The number of ether oxygens (including phenoxy) is 2. The molecule has 0 aliphatic rings. The summed E-state index contributed by atoms with van der Waals surface area (Å²) in [5.74, 6) is 1.62. The van der Waals surface area contributed by atoms with Crippen molar-refractivity contribution in [2.45, 2.75) is 20.3 Å². The van der Waals surface area contributed by atoms with Crippen molar-refractivity contribution in [2.75, 3.05) is 13.2 Å². The highest BCUT2D eigenvalue weighted by Crippen LogP contribution is 2.16. The molecule has 0 saturated carbocycles.